The standard InChI is InChI=1S/C8H14O3S/c9-7-2-1-3-8-6(7)4-5-12(8,10)11/h6-9H,1-5H2/t6-,7+,8-/m0/s1. The average Bonchev–Trinajstić information content (AvgIpc) is 2.30. The van der Waals surface area contributed by atoms with E-state index >= 15 is 0 Å². The van der Waals surface area contributed by atoms with Gasteiger partial charge in [0, 0.05) is 5.92 Å². The topological polar surface area (TPSA) is 54.4 Å². The van der Waals surface area contributed by atoms with Crippen LogP contribution in [-0.2, 0) is 9.84 Å². The van der Waals surface area contributed by atoms with Crippen molar-refractivity contribution in [1.82, 2.24) is 0 Å². The summed E-state index contributed by atoms with van der Waals surface area (Å²) in [7, 11) is -2.84. The van der Waals surface area contributed by atoms with Crippen molar-refractivity contribution in [3.8, 4) is 0 Å². The van der Waals surface area contributed by atoms with Gasteiger partial charge in [0.05, 0.1) is 17.1 Å². The molecule has 0 amide bonds. The van der Waals surface area contributed by atoms with Crippen molar-refractivity contribution in [2.75, 3.05) is 5.75 Å². The molecule has 1 heterocycles. The zero-order valence-electron chi connectivity index (χ0n) is 6.94. The lowest BCUT2D eigenvalue weighted by atomic mass is 9.85. The molecule has 1 saturated heterocycles. The first-order valence-corrected chi connectivity index (χ1v) is 6.22. The molecule has 2 aliphatic rings. The zero-order chi connectivity index (χ0) is 8.77. The minimum atomic E-state index is -2.84. The van der Waals surface area contributed by atoms with Gasteiger partial charge in [-0.15, -0.1) is 0 Å². The van der Waals surface area contributed by atoms with Gasteiger partial charge in [-0.3, -0.25) is 0 Å². The van der Waals surface area contributed by atoms with Crippen LogP contribution >= 0.6 is 0 Å². The van der Waals surface area contributed by atoms with Crippen LogP contribution in [0.1, 0.15) is 25.7 Å². The molecule has 1 N–H and O–H groups in total. The van der Waals surface area contributed by atoms with E-state index in [0.717, 1.165) is 19.3 Å². The SMILES string of the molecule is O=S1(=O)CC[C@H]2[C@H](O)CCC[C@@H]21. The van der Waals surface area contributed by atoms with Crippen LogP contribution < -0.4 is 0 Å². The van der Waals surface area contributed by atoms with E-state index in [1.165, 1.54) is 0 Å². The van der Waals surface area contributed by atoms with Gasteiger partial charge < -0.3 is 5.11 Å². The third-order valence-corrected chi connectivity index (χ3v) is 5.47. The molecule has 0 unspecified atom stereocenters. The van der Waals surface area contributed by atoms with Gasteiger partial charge in [0.15, 0.2) is 9.84 Å². The van der Waals surface area contributed by atoms with E-state index in [4.69, 9.17) is 0 Å². The molecule has 0 aromatic rings. The Balaban J connectivity index is 2.26. The second-order valence-corrected chi connectivity index (χ2v) is 6.20. The summed E-state index contributed by atoms with van der Waals surface area (Å²) in [6, 6.07) is 0. The number of aliphatic hydroxyl groups is 1. The average molecular weight is 190 g/mol. The molecular formula is C8H14O3S. The summed E-state index contributed by atoms with van der Waals surface area (Å²) < 4.78 is 22.9. The Morgan fingerprint density at radius 1 is 1.17 bits per heavy atom. The van der Waals surface area contributed by atoms with E-state index in [1.807, 2.05) is 0 Å². The number of aliphatic hydroxyl groups excluding tert-OH is 1. The van der Waals surface area contributed by atoms with Crippen LogP contribution in [0.15, 0.2) is 0 Å². The predicted molar refractivity (Wildman–Crippen MR) is 45.5 cm³/mol. The molecule has 1 aliphatic carbocycles. The second kappa shape index (κ2) is 2.70. The normalized spacial score (nSPS) is 45.6. The summed E-state index contributed by atoms with van der Waals surface area (Å²) in [6.45, 7) is 0. The molecule has 12 heavy (non-hydrogen) atoms. The summed E-state index contributed by atoms with van der Waals surface area (Å²) in [5, 5.41) is 9.33. The van der Waals surface area contributed by atoms with Crippen molar-refractivity contribution < 1.29 is 13.5 Å². The zero-order valence-corrected chi connectivity index (χ0v) is 7.76. The minimum Gasteiger partial charge on any atom is -0.393 e. The van der Waals surface area contributed by atoms with Gasteiger partial charge in [-0.1, -0.05) is 0 Å². The monoisotopic (exact) mass is 190 g/mol. The van der Waals surface area contributed by atoms with Crippen molar-refractivity contribution >= 4 is 9.84 Å². The molecule has 0 radical (unpaired) electrons. The molecule has 0 bridgehead atoms. The predicted octanol–water partition coefficient (Wildman–Crippen LogP) is 0.335. The van der Waals surface area contributed by atoms with Crippen molar-refractivity contribution in [3.05, 3.63) is 0 Å². The minimum absolute atomic E-state index is 0.0451. The van der Waals surface area contributed by atoms with Crippen molar-refractivity contribution in [1.29, 1.82) is 0 Å². The van der Waals surface area contributed by atoms with Gasteiger partial charge in [0.1, 0.15) is 0 Å². The van der Waals surface area contributed by atoms with Gasteiger partial charge in [0.25, 0.3) is 0 Å². The van der Waals surface area contributed by atoms with E-state index in [-0.39, 0.29) is 17.3 Å². The van der Waals surface area contributed by atoms with Gasteiger partial charge in [-0.2, -0.15) is 0 Å². The Bertz CT molecular complexity index is 270. The molecule has 0 aromatic carbocycles. The maximum absolute atomic E-state index is 11.4. The van der Waals surface area contributed by atoms with Crippen LogP contribution in [0.5, 0.6) is 0 Å². The lowest BCUT2D eigenvalue weighted by Gasteiger charge is -2.28. The largest absolute Gasteiger partial charge is 0.393 e. The molecule has 2 rings (SSSR count). The first-order valence-electron chi connectivity index (χ1n) is 4.51. The van der Waals surface area contributed by atoms with Crippen LogP contribution in [0.25, 0.3) is 0 Å². The highest BCUT2D eigenvalue weighted by Gasteiger charge is 2.45. The van der Waals surface area contributed by atoms with Crippen LogP contribution in [0, 0.1) is 5.92 Å². The maximum Gasteiger partial charge on any atom is 0.153 e. The van der Waals surface area contributed by atoms with Crippen LogP contribution in [-0.4, -0.2) is 30.6 Å². The Morgan fingerprint density at radius 3 is 2.58 bits per heavy atom. The fourth-order valence-electron chi connectivity index (χ4n) is 2.48. The van der Waals surface area contributed by atoms with Crippen molar-refractivity contribution in [2.24, 2.45) is 5.92 Å². The highest BCUT2D eigenvalue weighted by Crippen LogP contribution is 2.38. The highest BCUT2D eigenvalue weighted by atomic mass is 32.2. The molecule has 3 nitrogen and oxygen atoms in total. The van der Waals surface area contributed by atoms with Crippen molar-refractivity contribution in [2.45, 2.75) is 37.0 Å². The number of fused-ring (bicyclic) bond motifs is 1. The first-order chi connectivity index (χ1) is 5.61. The molecular weight excluding hydrogens is 176 g/mol. The summed E-state index contributed by atoms with van der Waals surface area (Å²) in [6.07, 6.45) is 2.73. The molecule has 1 aliphatic heterocycles. The van der Waals surface area contributed by atoms with Crippen molar-refractivity contribution in [3.63, 3.8) is 0 Å². The summed E-state index contributed by atoms with van der Waals surface area (Å²) >= 11 is 0. The summed E-state index contributed by atoms with van der Waals surface area (Å²) in [4.78, 5) is 0. The van der Waals surface area contributed by atoms with Crippen LogP contribution in [0.3, 0.4) is 0 Å². The third kappa shape index (κ3) is 1.17. The van der Waals surface area contributed by atoms with E-state index in [1.54, 1.807) is 0 Å². The quantitative estimate of drug-likeness (QED) is 0.599. The third-order valence-electron chi connectivity index (χ3n) is 3.16. The Morgan fingerprint density at radius 2 is 1.92 bits per heavy atom. The number of sulfone groups is 1. The van der Waals surface area contributed by atoms with E-state index in [0.29, 0.717) is 12.2 Å². The smallest absolute Gasteiger partial charge is 0.153 e. The highest BCUT2D eigenvalue weighted by molar-refractivity contribution is 7.92. The van der Waals surface area contributed by atoms with Crippen LogP contribution in [0.4, 0.5) is 0 Å². The molecule has 2 fully saturated rings. The Kier molecular flexibility index (Phi) is 1.92. The van der Waals surface area contributed by atoms with Gasteiger partial charge >= 0.3 is 0 Å². The molecule has 0 aromatic heterocycles. The van der Waals surface area contributed by atoms with Gasteiger partial charge in [-0.05, 0) is 25.7 Å². The fourth-order valence-corrected chi connectivity index (χ4v) is 4.76. The van der Waals surface area contributed by atoms with Crippen LogP contribution in [0.2, 0.25) is 0 Å². The van der Waals surface area contributed by atoms with Gasteiger partial charge in [-0.25, -0.2) is 8.42 Å². The molecule has 3 atom stereocenters. The number of hydrogen-bond acceptors (Lipinski definition) is 3. The number of rotatable bonds is 0. The summed E-state index contributed by atoms with van der Waals surface area (Å²) in [5.74, 6) is 0.336. The Hall–Kier alpha value is -0.0900. The second-order valence-electron chi connectivity index (χ2n) is 3.86. The molecule has 70 valence electrons. The van der Waals surface area contributed by atoms with E-state index < -0.39 is 9.84 Å². The lowest BCUT2D eigenvalue weighted by Crippen LogP contribution is -2.35. The first kappa shape index (κ1) is 8.51. The lowest BCUT2D eigenvalue weighted by molar-refractivity contribution is 0.0757. The Labute approximate surface area is 72.7 Å². The fraction of sp³-hybridized carbons (Fsp3) is 1.00. The molecule has 1 saturated carbocycles. The number of hydrogen-bond donors (Lipinski definition) is 1. The van der Waals surface area contributed by atoms with Gasteiger partial charge in [0.2, 0.25) is 0 Å². The maximum atomic E-state index is 11.4. The molecule has 0 spiro atoms. The molecule has 4 heteroatoms. The van der Waals surface area contributed by atoms with E-state index in [9.17, 15) is 13.5 Å². The summed E-state index contributed by atoms with van der Waals surface area (Å²) in [5.41, 5.74) is 0. The van der Waals surface area contributed by atoms with E-state index in [2.05, 4.69) is 0 Å².